The summed E-state index contributed by atoms with van der Waals surface area (Å²) < 4.78 is 17.3. The minimum atomic E-state index is -0.321. The lowest BCUT2D eigenvalue weighted by atomic mass is 9.85. The van der Waals surface area contributed by atoms with Crippen molar-refractivity contribution in [3.05, 3.63) is 29.1 Å². The minimum absolute atomic E-state index is 0.111. The van der Waals surface area contributed by atoms with Crippen molar-refractivity contribution >= 4 is 6.09 Å². The molecular weight excluding hydrogens is 394 g/mol. The molecule has 2 aliphatic rings. The molecule has 31 heavy (non-hydrogen) atoms. The van der Waals surface area contributed by atoms with E-state index < -0.39 is 0 Å². The van der Waals surface area contributed by atoms with Gasteiger partial charge < -0.3 is 18.9 Å². The molecule has 1 amide bonds. The van der Waals surface area contributed by atoms with Crippen molar-refractivity contribution in [1.29, 1.82) is 0 Å². The molecule has 2 heterocycles. The Bertz CT molecular complexity index is 900. The lowest BCUT2D eigenvalue weighted by Gasteiger charge is -2.29. The van der Waals surface area contributed by atoms with Crippen LogP contribution in [0.15, 0.2) is 16.7 Å². The van der Waals surface area contributed by atoms with Gasteiger partial charge in [-0.1, -0.05) is 18.0 Å². The van der Waals surface area contributed by atoms with Gasteiger partial charge >= 0.3 is 6.09 Å². The van der Waals surface area contributed by atoms with Crippen LogP contribution >= 0.6 is 0 Å². The predicted molar refractivity (Wildman–Crippen MR) is 117 cm³/mol. The van der Waals surface area contributed by atoms with Crippen LogP contribution in [-0.4, -0.2) is 40.8 Å². The van der Waals surface area contributed by atoms with Crippen molar-refractivity contribution < 1.29 is 18.8 Å². The highest BCUT2D eigenvalue weighted by atomic mass is 16.6. The number of rotatable bonds is 7. The lowest BCUT2D eigenvalue weighted by molar-refractivity contribution is 0.0930. The zero-order chi connectivity index (χ0) is 21.8. The average molecular weight is 428 g/mol. The molecule has 0 spiro atoms. The number of carbonyl (C=O) groups excluding carboxylic acids is 1. The molecule has 4 rings (SSSR count). The Morgan fingerprint density at radius 1 is 1.10 bits per heavy atom. The first-order valence-corrected chi connectivity index (χ1v) is 11.5. The summed E-state index contributed by atoms with van der Waals surface area (Å²) >= 11 is 0. The molecule has 0 bridgehead atoms. The molecule has 0 saturated heterocycles. The van der Waals surface area contributed by atoms with Gasteiger partial charge in [-0.25, -0.2) is 9.78 Å². The molecule has 2 aromatic rings. The number of aromatic nitrogens is 2. The van der Waals surface area contributed by atoms with Gasteiger partial charge in [0, 0.05) is 13.6 Å². The molecule has 168 valence electrons. The first kappa shape index (κ1) is 21.7. The van der Waals surface area contributed by atoms with E-state index in [1.165, 1.54) is 38.5 Å². The van der Waals surface area contributed by atoms with Crippen LogP contribution < -0.4 is 4.74 Å². The number of pyridine rings is 1. The summed E-state index contributed by atoms with van der Waals surface area (Å²) in [7, 11) is 1.79. The molecule has 2 saturated carbocycles. The van der Waals surface area contributed by atoms with Crippen LogP contribution in [0.1, 0.15) is 68.3 Å². The zero-order valence-electron chi connectivity index (χ0n) is 18.9. The maximum Gasteiger partial charge on any atom is 0.409 e. The summed E-state index contributed by atoms with van der Waals surface area (Å²) in [6.45, 7) is 4.65. The van der Waals surface area contributed by atoms with Gasteiger partial charge in [-0.15, -0.1) is 0 Å². The standard InChI is InChI=1S/C24H33N3O4/c1-16-20(15-29-24(28)27(3)14-18-8-7-9-18)23(31-26-16)21-12-13-22(17(2)25-21)30-19-10-5-4-6-11-19/h12-13,18-19H,4-11,14-15H2,1-3H3. The van der Waals surface area contributed by atoms with E-state index >= 15 is 0 Å². The molecule has 7 heteroatoms. The first-order chi connectivity index (χ1) is 15.0. The Labute approximate surface area is 184 Å². The van der Waals surface area contributed by atoms with E-state index in [-0.39, 0.29) is 18.8 Å². The number of aryl methyl sites for hydroxylation is 2. The third-order valence-electron chi connectivity index (χ3n) is 6.51. The van der Waals surface area contributed by atoms with Crippen LogP contribution in [-0.2, 0) is 11.3 Å². The normalized spacial score (nSPS) is 17.3. The maximum atomic E-state index is 12.4. The second kappa shape index (κ2) is 9.71. The molecule has 0 N–H and O–H groups in total. The van der Waals surface area contributed by atoms with Gasteiger partial charge in [-0.05, 0) is 70.4 Å². The first-order valence-electron chi connectivity index (χ1n) is 11.5. The Balaban J connectivity index is 1.41. The second-order valence-corrected chi connectivity index (χ2v) is 8.97. The van der Waals surface area contributed by atoms with E-state index in [4.69, 9.17) is 19.0 Å². The fourth-order valence-corrected chi connectivity index (χ4v) is 4.30. The molecule has 2 fully saturated rings. The number of amides is 1. The van der Waals surface area contributed by atoms with Crippen molar-refractivity contribution in [1.82, 2.24) is 15.0 Å². The summed E-state index contributed by atoms with van der Waals surface area (Å²) in [6, 6.07) is 3.84. The molecule has 2 aromatic heterocycles. The highest BCUT2D eigenvalue weighted by molar-refractivity contribution is 5.68. The van der Waals surface area contributed by atoms with Crippen molar-refractivity contribution in [2.45, 2.75) is 77.9 Å². The van der Waals surface area contributed by atoms with Crippen molar-refractivity contribution in [3.8, 4) is 17.2 Å². The summed E-state index contributed by atoms with van der Waals surface area (Å²) in [6.07, 6.45) is 9.56. The fourth-order valence-electron chi connectivity index (χ4n) is 4.30. The maximum absolute atomic E-state index is 12.4. The van der Waals surface area contributed by atoms with E-state index in [1.54, 1.807) is 11.9 Å². The molecule has 0 aliphatic heterocycles. The molecule has 2 aliphatic carbocycles. The van der Waals surface area contributed by atoms with Crippen LogP contribution in [0.3, 0.4) is 0 Å². The topological polar surface area (TPSA) is 77.7 Å². The van der Waals surface area contributed by atoms with Crippen molar-refractivity contribution in [3.63, 3.8) is 0 Å². The number of hydrogen-bond donors (Lipinski definition) is 0. The Morgan fingerprint density at radius 3 is 2.55 bits per heavy atom. The van der Waals surface area contributed by atoms with Crippen molar-refractivity contribution in [2.24, 2.45) is 5.92 Å². The third kappa shape index (κ3) is 5.20. The molecular formula is C24H33N3O4. The van der Waals surface area contributed by atoms with Gasteiger partial charge in [0.2, 0.25) is 0 Å². The van der Waals surface area contributed by atoms with Crippen molar-refractivity contribution in [2.75, 3.05) is 13.6 Å². The Morgan fingerprint density at radius 2 is 1.87 bits per heavy atom. The summed E-state index contributed by atoms with van der Waals surface area (Å²) in [5.41, 5.74) is 2.94. The van der Waals surface area contributed by atoms with Gasteiger partial charge in [0.1, 0.15) is 18.1 Å². The molecule has 0 aromatic carbocycles. The quantitative estimate of drug-likeness (QED) is 0.586. The van der Waals surface area contributed by atoms with Crippen LogP contribution in [0.4, 0.5) is 4.79 Å². The Hall–Kier alpha value is -2.57. The SMILES string of the molecule is Cc1nc(-c2onc(C)c2COC(=O)N(C)CC2CCC2)ccc1OC1CCCCC1. The summed E-state index contributed by atoms with van der Waals surface area (Å²) in [5.74, 6) is 1.96. The van der Waals surface area contributed by atoms with Crippen LogP contribution in [0.2, 0.25) is 0 Å². The number of nitrogens with zero attached hydrogens (tertiary/aromatic N) is 3. The summed E-state index contributed by atoms with van der Waals surface area (Å²) in [4.78, 5) is 18.7. The molecule has 7 nitrogen and oxygen atoms in total. The van der Waals surface area contributed by atoms with Gasteiger partial charge in [0.15, 0.2) is 5.76 Å². The molecule has 0 atom stereocenters. The minimum Gasteiger partial charge on any atom is -0.489 e. The number of ether oxygens (including phenoxy) is 2. The van der Waals surface area contributed by atoms with Crippen LogP contribution in [0.25, 0.3) is 11.5 Å². The smallest absolute Gasteiger partial charge is 0.409 e. The van der Waals surface area contributed by atoms with Gasteiger partial charge in [-0.2, -0.15) is 0 Å². The zero-order valence-corrected chi connectivity index (χ0v) is 18.9. The van der Waals surface area contributed by atoms with Gasteiger partial charge in [-0.3, -0.25) is 0 Å². The highest BCUT2D eigenvalue weighted by Gasteiger charge is 2.24. The second-order valence-electron chi connectivity index (χ2n) is 8.97. The highest BCUT2D eigenvalue weighted by Crippen LogP contribution is 2.31. The average Bonchev–Trinajstić information content (AvgIpc) is 3.11. The van der Waals surface area contributed by atoms with E-state index in [0.29, 0.717) is 23.1 Å². The van der Waals surface area contributed by atoms with E-state index in [0.717, 1.165) is 36.4 Å². The van der Waals surface area contributed by atoms with E-state index in [2.05, 4.69) is 5.16 Å². The van der Waals surface area contributed by atoms with E-state index in [9.17, 15) is 4.79 Å². The van der Waals surface area contributed by atoms with Crippen LogP contribution in [0.5, 0.6) is 5.75 Å². The van der Waals surface area contributed by atoms with Crippen LogP contribution in [0, 0.1) is 19.8 Å². The third-order valence-corrected chi connectivity index (χ3v) is 6.51. The monoisotopic (exact) mass is 427 g/mol. The lowest BCUT2D eigenvalue weighted by Crippen LogP contribution is -2.34. The Kier molecular flexibility index (Phi) is 6.78. The van der Waals surface area contributed by atoms with Gasteiger partial charge in [0.05, 0.1) is 23.1 Å². The largest absolute Gasteiger partial charge is 0.489 e. The predicted octanol–water partition coefficient (Wildman–Crippen LogP) is 5.43. The molecule has 0 radical (unpaired) electrons. The van der Waals surface area contributed by atoms with Gasteiger partial charge in [0.25, 0.3) is 0 Å². The number of hydrogen-bond acceptors (Lipinski definition) is 6. The fraction of sp³-hybridized carbons (Fsp3) is 0.625. The van der Waals surface area contributed by atoms with E-state index in [1.807, 2.05) is 26.0 Å². The number of carbonyl (C=O) groups is 1. The molecule has 0 unspecified atom stereocenters. The summed E-state index contributed by atoms with van der Waals surface area (Å²) in [5, 5.41) is 4.08.